The first-order valence-electron chi connectivity index (χ1n) is 9.70. The first-order chi connectivity index (χ1) is 13.3. The van der Waals surface area contributed by atoms with E-state index in [0.717, 1.165) is 68.2 Å². The van der Waals surface area contributed by atoms with Crippen LogP contribution in [0, 0.1) is 0 Å². The molecule has 0 bridgehead atoms. The van der Waals surface area contributed by atoms with Crippen LogP contribution < -0.4 is 5.32 Å². The Balaban J connectivity index is 1.29. The van der Waals surface area contributed by atoms with Crippen molar-refractivity contribution in [2.75, 3.05) is 19.6 Å². The van der Waals surface area contributed by atoms with Crippen molar-refractivity contribution in [1.29, 1.82) is 0 Å². The van der Waals surface area contributed by atoms with Crippen LogP contribution in [0.25, 0.3) is 10.8 Å². The summed E-state index contributed by atoms with van der Waals surface area (Å²) in [5.74, 6) is 2.66. The standard InChI is InChI=1S/C21H23N5O/c27-21(18-6-5-15-3-1-2-4-17(15)13-18)25-10-7-16(8-11-25)20-24-23-19-14-22-9-12-26(19)20/h1-6,13,16,22H,7-12,14H2. The molecule has 5 rings (SSSR count). The van der Waals surface area contributed by atoms with E-state index in [1.165, 1.54) is 5.39 Å². The zero-order valence-electron chi connectivity index (χ0n) is 15.3. The number of aromatic nitrogens is 3. The lowest BCUT2D eigenvalue weighted by molar-refractivity contribution is 0.0710. The van der Waals surface area contributed by atoms with E-state index in [-0.39, 0.29) is 5.91 Å². The largest absolute Gasteiger partial charge is 0.339 e. The van der Waals surface area contributed by atoms with Gasteiger partial charge < -0.3 is 14.8 Å². The lowest BCUT2D eigenvalue weighted by Crippen LogP contribution is -2.38. The molecule has 0 aliphatic carbocycles. The van der Waals surface area contributed by atoms with E-state index in [1.807, 2.05) is 35.2 Å². The van der Waals surface area contributed by atoms with Gasteiger partial charge in [-0.25, -0.2) is 0 Å². The normalized spacial score (nSPS) is 17.9. The van der Waals surface area contributed by atoms with Gasteiger partial charge in [-0.2, -0.15) is 0 Å². The van der Waals surface area contributed by atoms with Crippen molar-refractivity contribution in [2.45, 2.75) is 31.8 Å². The molecule has 3 aromatic rings. The number of likely N-dealkylation sites (tertiary alicyclic amines) is 1. The summed E-state index contributed by atoms with van der Waals surface area (Å²) in [7, 11) is 0. The number of carbonyl (C=O) groups is 1. The fourth-order valence-electron chi connectivity index (χ4n) is 4.26. The Bertz CT molecular complexity index is 987. The maximum Gasteiger partial charge on any atom is 0.253 e. The maximum absolute atomic E-state index is 13.0. The Morgan fingerprint density at radius 1 is 1.00 bits per heavy atom. The Labute approximate surface area is 158 Å². The molecular weight excluding hydrogens is 338 g/mol. The van der Waals surface area contributed by atoms with E-state index in [1.54, 1.807) is 0 Å². The van der Waals surface area contributed by atoms with E-state index in [4.69, 9.17) is 0 Å². The third-order valence-corrected chi connectivity index (χ3v) is 5.80. The van der Waals surface area contributed by atoms with E-state index in [2.05, 4.69) is 32.2 Å². The summed E-state index contributed by atoms with van der Waals surface area (Å²) >= 11 is 0. The van der Waals surface area contributed by atoms with Crippen LogP contribution >= 0.6 is 0 Å². The van der Waals surface area contributed by atoms with Crippen LogP contribution in [0.2, 0.25) is 0 Å². The number of piperidine rings is 1. The average Bonchev–Trinajstić information content (AvgIpc) is 3.17. The summed E-state index contributed by atoms with van der Waals surface area (Å²) in [5, 5.41) is 14.4. The average molecular weight is 361 g/mol. The number of hydrogen-bond acceptors (Lipinski definition) is 4. The van der Waals surface area contributed by atoms with Crippen molar-refractivity contribution in [1.82, 2.24) is 25.0 Å². The Morgan fingerprint density at radius 3 is 2.67 bits per heavy atom. The molecule has 0 unspecified atom stereocenters. The molecule has 0 saturated carbocycles. The molecule has 27 heavy (non-hydrogen) atoms. The molecule has 1 fully saturated rings. The number of fused-ring (bicyclic) bond motifs is 2. The molecule has 0 radical (unpaired) electrons. The number of rotatable bonds is 2. The molecule has 0 atom stereocenters. The zero-order chi connectivity index (χ0) is 18.2. The predicted octanol–water partition coefficient (Wildman–Crippen LogP) is 2.55. The molecular formula is C21H23N5O. The molecule has 1 saturated heterocycles. The number of benzene rings is 2. The van der Waals surface area contributed by atoms with Crippen molar-refractivity contribution >= 4 is 16.7 Å². The third kappa shape index (κ3) is 3.00. The number of nitrogens with one attached hydrogen (secondary N) is 1. The maximum atomic E-state index is 13.0. The second kappa shape index (κ2) is 6.78. The first-order valence-corrected chi connectivity index (χ1v) is 9.70. The van der Waals surface area contributed by atoms with Crippen LogP contribution in [0.3, 0.4) is 0 Å². The summed E-state index contributed by atoms with van der Waals surface area (Å²) < 4.78 is 2.27. The molecule has 0 spiro atoms. The lowest BCUT2D eigenvalue weighted by Gasteiger charge is -2.32. The summed E-state index contributed by atoms with van der Waals surface area (Å²) in [6.07, 6.45) is 1.90. The Hall–Kier alpha value is -2.73. The quantitative estimate of drug-likeness (QED) is 0.762. The van der Waals surface area contributed by atoms with Crippen LogP contribution in [-0.4, -0.2) is 45.2 Å². The molecule has 2 aliphatic rings. The second-order valence-electron chi connectivity index (χ2n) is 7.43. The summed E-state index contributed by atoms with van der Waals surface area (Å²) in [6.45, 7) is 4.26. The second-order valence-corrected chi connectivity index (χ2v) is 7.43. The molecule has 2 aliphatic heterocycles. The lowest BCUT2D eigenvalue weighted by atomic mass is 9.95. The molecule has 2 aromatic carbocycles. The van der Waals surface area contributed by atoms with E-state index in [0.29, 0.717) is 5.92 Å². The molecule has 1 aromatic heterocycles. The predicted molar refractivity (Wildman–Crippen MR) is 104 cm³/mol. The van der Waals surface area contributed by atoms with Gasteiger partial charge in [-0.1, -0.05) is 30.3 Å². The first kappa shape index (κ1) is 16.4. The van der Waals surface area contributed by atoms with Crippen LogP contribution in [-0.2, 0) is 13.1 Å². The minimum absolute atomic E-state index is 0.131. The summed E-state index contributed by atoms with van der Waals surface area (Å²) in [4.78, 5) is 14.9. The minimum atomic E-state index is 0.131. The van der Waals surface area contributed by atoms with Crippen molar-refractivity contribution in [3.05, 3.63) is 59.7 Å². The van der Waals surface area contributed by atoms with Crippen LogP contribution in [0.15, 0.2) is 42.5 Å². The highest BCUT2D eigenvalue weighted by Crippen LogP contribution is 2.29. The number of nitrogens with zero attached hydrogens (tertiary/aromatic N) is 4. The van der Waals surface area contributed by atoms with Gasteiger partial charge in [-0.05, 0) is 35.7 Å². The Kier molecular flexibility index (Phi) is 4.13. The van der Waals surface area contributed by atoms with Crippen molar-refractivity contribution in [3.8, 4) is 0 Å². The highest BCUT2D eigenvalue weighted by Gasteiger charge is 2.29. The molecule has 6 nitrogen and oxygen atoms in total. The molecule has 1 N–H and O–H groups in total. The van der Waals surface area contributed by atoms with Crippen LogP contribution in [0.5, 0.6) is 0 Å². The van der Waals surface area contributed by atoms with Gasteiger partial charge in [0.05, 0.1) is 6.54 Å². The van der Waals surface area contributed by atoms with Crippen LogP contribution in [0.4, 0.5) is 0 Å². The van der Waals surface area contributed by atoms with E-state index in [9.17, 15) is 4.79 Å². The minimum Gasteiger partial charge on any atom is -0.339 e. The monoisotopic (exact) mass is 361 g/mol. The molecule has 1 amide bonds. The summed E-state index contributed by atoms with van der Waals surface area (Å²) in [6, 6.07) is 14.1. The topological polar surface area (TPSA) is 63.1 Å². The Morgan fingerprint density at radius 2 is 1.81 bits per heavy atom. The van der Waals surface area contributed by atoms with Gasteiger partial charge in [0.15, 0.2) is 0 Å². The van der Waals surface area contributed by atoms with Crippen molar-refractivity contribution < 1.29 is 4.79 Å². The molecule has 6 heteroatoms. The van der Waals surface area contributed by atoms with Gasteiger partial charge in [-0.3, -0.25) is 4.79 Å². The summed E-state index contributed by atoms with van der Waals surface area (Å²) in [5.41, 5.74) is 0.776. The zero-order valence-corrected chi connectivity index (χ0v) is 15.3. The number of hydrogen-bond donors (Lipinski definition) is 1. The van der Waals surface area contributed by atoms with Gasteiger partial charge in [-0.15, -0.1) is 10.2 Å². The fraction of sp³-hybridized carbons (Fsp3) is 0.381. The van der Waals surface area contributed by atoms with E-state index < -0.39 is 0 Å². The smallest absolute Gasteiger partial charge is 0.253 e. The van der Waals surface area contributed by atoms with Crippen molar-refractivity contribution in [2.24, 2.45) is 0 Å². The van der Waals surface area contributed by atoms with Crippen LogP contribution in [0.1, 0.15) is 40.8 Å². The van der Waals surface area contributed by atoms with Crippen molar-refractivity contribution in [3.63, 3.8) is 0 Å². The molecule has 3 heterocycles. The van der Waals surface area contributed by atoms with Gasteiger partial charge >= 0.3 is 0 Å². The van der Waals surface area contributed by atoms with Gasteiger partial charge in [0, 0.05) is 37.7 Å². The SMILES string of the molecule is O=C(c1ccc2ccccc2c1)N1CCC(c2nnc3n2CCNC3)CC1. The van der Waals surface area contributed by atoms with Gasteiger partial charge in [0.1, 0.15) is 11.6 Å². The van der Waals surface area contributed by atoms with Gasteiger partial charge in [0.25, 0.3) is 5.91 Å². The highest BCUT2D eigenvalue weighted by atomic mass is 16.2. The third-order valence-electron chi connectivity index (χ3n) is 5.80. The fourth-order valence-corrected chi connectivity index (χ4v) is 4.26. The molecule has 138 valence electrons. The highest BCUT2D eigenvalue weighted by molar-refractivity contribution is 5.98. The number of carbonyl (C=O) groups excluding carboxylic acids is 1. The number of amides is 1. The van der Waals surface area contributed by atoms with Gasteiger partial charge in [0.2, 0.25) is 0 Å². The van der Waals surface area contributed by atoms with E-state index >= 15 is 0 Å².